The van der Waals surface area contributed by atoms with E-state index in [-0.39, 0.29) is 24.2 Å². The zero-order valence-electron chi connectivity index (χ0n) is 7.58. The predicted molar refractivity (Wildman–Crippen MR) is 48.2 cm³/mol. The Morgan fingerprint density at radius 1 is 1.69 bits per heavy atom. The maximum atomic E-state index is 11.1. The second-order valence-electron chi connectivity index (χ2n) is 3.11. The van der Waals surface area contributed by atoms with Gasteiger partial charge in [-0.15, -0.1) is 0 Å². The number of carbonyl (C=O) groups excluding carboxylic acids is 1. The molecule has 13 heavy (non-hydrogen) atoms. The molecule has 1 saturated heterocycles. The molecule has 1 atom stereocenters. The molecule has 0 spiro atoms. The third kappa shape index (κ3) is 3.16. The lowest BCUT2D eigenvalue weighted by Crippen LogP contribution is -2.33. The van der Waals surface area contributed by atoms with Crippen LogP contribution in [0.2, 0.25) is 0 Å². The minimum absolute atomic E-state index is 0.135. The molecule has 0 aromatic rings. The second kappa shape index (κ2) is 4.99. The Bertz CT molecular complexity index is 197. The Labute approximate surface area is 77.6 Å². The summed E-state index contributed by atoms with van der Waals surface area (Å²) < 4.78 is 5.31. The first-order valence-corrected chi connectivity index (χ1v) is 4.42. The molecule has 1 amide bonds. The Kier molecular flexibility index (Phi) is 3.92. The van der Waals surface area contributed by atoms with Crippen LogP contribution in [0.15, 0.2) is 12.2 Å². The standard InChI is InChI=1S/C9H15NO3/c1-7(6-11)9(12)10-5-8-3-2-4-13-8/h8,11H,1-6H2,(H,10,12). The number of nitrogens with one attached hydrogen (secondary N) is 1. The smallest absolute Gasteiger partial charge is 0.249 e. The Balaban J connectivity index is 2.17. The van der Waals surface area contributed by atoms with Gasteiger partial charge in [0.05, 0.1) is 12.7 Å². The first-order valence-electron chi connectivity index (χ1n) is 4.42. The van der Waals surface area contributed by atoms with Crippen LogP contribution in [0.3, 0.4) is 0 Å². The monoisotopic (exact) mass is 185 g/mol. The van der Waals surface area contributed by atoms with Crippen LogP contribution in [0.25, 0.3) is 0 Å². The lowest BCUT2D eigenvalue weighted by molar-refractivity contribution is -0.118. The van der Waals surface area contributed by atoms with E-state index in [9.17, 15) is 4.79 Å². The molecule has 0 radical (unpaired) electrons. The van der Waals surface area contributed by atoms with Gasteiger partial charge in [0.25, 0.3) is 0 Å². The molecule has 1 rings (SSSR count). The molecule has 2 N–H and O–H groups in total. The van der Waals surface area contributed by atoms with E-state index < -0.39 is 0 Å². The van der Waals surface area contributed by atoms with Gasteiger partial charge >= 0.3 is 0 Å². The Morgan fingerprint density at radius 2 is 2.46 bits per heavy atom. The summed E-state index contributed by atoms with van der Waals surface area (Å²) in [6.07, 6.45) is 2.18. The van der Waals surface area contributed by atoms with Crippen LogP contribution in [0.4, 0.5) is 0 Å². The fraction of sp³-hybridized carbons (Fsp3) is 0.667. The van der Waals surface area contributed by atoms with Crippen molar-refractivity contribution in [3.05, 3.63) is 12.2 Å². The summed E-state index contributed by atoms with van der Waals surface area (Å²) in [4.78, 5) is 11.1. The molecule has 0 aliphatic carbocycles. The maximum absolute atomic E-state index is 11.1. The van der Waals surface area contributed by atoms with Gasteiger partial charge in [0.1, 0.15) is 0 Å². The first kappa shape index (κ1) is 10.2. The first-order chi connectivity index (χ1) is 6.24. The fourth-order valence-corrected chi connectivity index (χ4v) is 1.21. The van der Waals surface area contributed by atoms with Gasteiger partial charge < -0.3 is 15.2 Å². The molecule has 0 saturated carbocycles. The van der Waals surface area contributed by atoms with Crippen LogP contribution >= 0.6 is 0 Å². The molecule has 1 unspecified atom stereocenters. The summed E-state index contributed by atoms with van der Waals surface area (Å²) in [6.45, 7) is 4.41. The van der Waals surface area contributed by atoms with E-state index in [1.165, 1.54) is 0 Å². The van der Waals surface area contributed by atoms with Crippen molar-refractivity contribution in [2.75, 3.05) is 19.8 Å². The summed E-state index contributed by atoms with van der Waals surface area (Å²) in [7, 11) is 0. The van der Waals surface area contributed by atoms with Crippen molar-refractivity contribution < 1.29 is 14.6 Å². The highest BCUT2D eigenvalue weighted by Gasteiger charge is 2.16. The number of ether oxygens (including phenoxy) is 1. The topological polar surface area (TPSA) is 58.6 Å². The van der Waals surface area contributed by atoms with Gasteiger partial charge in [-0.3, -0.25) is 4.79 Å². The SMILES string of the molecule is C=C(CO)C(=O)NCC1CCCO1. The zero-order valence-corrected chi connectivity index (χ0v) is 7.58. The largest absolute Gasteiger partial charge is 0.391 e. The Morgan fingerprint density at radius 3 is 3.00 bits per heavy atom. The minimum Gasteiger partial charge on any atom is -0.391 e. The molecule has 4 nitrogen and oxygen atoms in total. The summed E-state index contributed by atoms with van der Waals surface area (Å²) in [5, 5.41) is 11.3. The molecule has 0 bridgehead atoms. The van der Waals surface area contributed by atoms with Crippen LogP contribution < -0.4 is 5.32 Å². The van der Waals surface area contributed by atoms with E-state index in [1.54, 1.807) is 0 Å². The molecule has 1 aliphatic heterocycles. The van der Waals surface area contributed by atoms with Crippen molar-refractivity contribution in [2.24, 2.45) is 0 Å². The third-order valence-corrected chi connectivity index (χ3v) is 2.03. The van der Waals surface area contributed by atoms with Gasteiger partial charge in [0, 0.05) is 18.7 Å². The average Bonchev–Trinajstić information content (AvgIpc) is 2.65. The normalized spacial score (nSPS) is 21.5. The molecule has 74 valence electrons. The molecule has 4 heteroatoms. The highest BCUT2D eigenvalue weighted by Crippen LogP contribution is 2.10. The molecule has 0 aromatic carbocycles. The summed E-state index contributed by atoms with van der Waals surface area (Å²) in [5.74, 6) is -0.294. The number of rotatable bonds is 4. The van der Waals surface area contributed by atoms with Gasteiger partial charge in [-0.05, 0) is 12.8 Å². The third-order valence-electron chi connectivity index (χ3n) is 2.03. The van der Waals surface area contributed by atoms with Crippen molar-refractivity contribution in [2.45, 2.75) is 18.9 Å². The fourth-order valence-electron chi connectivity index (χ4n) is 1.21. The van der Waals surface area contributed by atoms with Crippen molar-refractivity contribution >= 4 is 5.91 Å². The number of carbonyl (C=O) groups is 1. The van der Waals surface area contributed by atoms with Crippen LogP contribution in [0.5, 0.6) is 0 Å². The van der Waals surface area contributed by atoms with E-state index in [2.05, 4.69) is 11.9 Å². The molecule has 1 aliphatic rings. The van der Waals surface area contributed by atoms with Gasteiger partial charge in [0.2, 0.25) is 5.91 Å². The van der Waals surface area contributed by atoms with E-state index in [0.717, 1.165) is 19.4 Å². The maximum Gasteiger partial charge on any atom is 0.249 e. The quantitative estimate of drug-likeness (QED) is 0.598. The molecular weight excluding hydrogens is 170 g/mol. The number of aliphatic hydroxyl groups is 1. The number of amides is 1. The highest BCUT2D eigenvalue weighted by atomic mass is 16.5. The van der Waals surface area contributed by atoms with Gasteiger partial charge in [0.15, 0.2) is 0 Å². The molecule has 0 aromatic heterocycles. The summed E-state index contributed by atoms with van der Waals surface area (Å²) >= 11 is 0. The van der Waals surface area contributed by atoms with Crippen molar-refractivity contribution in [3.8, 4) is 0 Å². The predicted octanol–water partition coefficient (Wildman–Crippen LogP) is -0.170. The van der Waals surface area contributed by atoms with Crippen LogP contribution in [0, 0.1) is 0 Å². The lowest BCUT2D eigenvalue weighted by atomic mass is 10.2. The zero-order chi connectivity index (χ0) is 9.68. The van der Waals surface area contributed by atoms with Crippen molar-refractivity contribution in [1.29, 1.82) is 0 Å². The van der Waals surface area contributed by atoms with Gasteiger partial charge in [-0.2, -0.15) is 0 Å². The number of hydrogen-bond acceptors (Lipinski definition) is 3. The second-order valence-corrected chi connectivity index (χ2v) is 3.11. The van der Waals surface area contributed by atoms with E-state index in [1.807, 2.05) is 0 Å². The van der Waals surface area contributed by atoms with Crippen LogP contribution in [0.1, 0.15) is 12.8 Å². The lowest BCUT2D eigenvalue weighted by Gasteiger charge is -2.10. The highest BCUT2D eigenvalue weighted by molar-refractivity contribution is 5.92. The van der Waals surface area contributed by atoms with Crippen LogP contribution in [-0.2, 0) is 9.53 Å². The van der Waals surface area contributed by atoms with E-state index in [4.69, 9.17) is 9.84 Å². The number of aliphatic hydroxyl groups excluding tert-OH is 1. The molecular formula is C9H15NO3. The molecule has 1 heterocycles. The summed E-state index contributed by atoms with van der Waals surface area (Å²) in [6, 6.07) is 0. The van der Waals surface area contributed by atoms with Crippen LogP contribution in [-0.4, -0.2) is 36.9 Å². The molecule has 1 fully saturated rings. The van der Waals surface area contributed by atoms with E-state index in [0.29, 0.717) is 6.54 Å². The van der Waals surface area contributed by atoms with Gasteiger partial charge in [-0.25, -0.2) is 0 Å². The summed E-state index contributed by atoms with van der Waals surface area (Å²) in [5.41, 5.74) is 0.193. The van der Waals surface area contributed by atoms with Crippen molar-refractivity contribution in [1.82, 2.24) is 5.32 Å². The number of hydrogen-bond donors (Lipinski definition) is 2. The van der Waals surface area contributed by atoms with E-state index >= 15 is 0 Å². The average molecular weight is 185 g/mol. The van der Waals surface area contributed by atoms with Gasteiger partial charge in [-0.1, -0.05) is 6.58 Å². The Hall–Kier alpha value is -0.870. The van der Waals surface area contributed by atoms with Crippen molar-refractivity contribution in [3.63, 3.8) is 0 Å². The minimum atomic E-state index is -0.294.